The summed E-state index contributed by atoms with van der Waals surface area (Å²) in [6.45, 7) is 2.30. The first-order valence-electron chi connectivity index (χ1n) is 10.1. The van der Waals surface area contributed by atoms with Gasteiger partial charge in [0.25, 0.3) is 0 Å². The van der Waals surface area contributed by atoms with Crippen LogP contribution in [-0.2, 0) is 0 Å². The summed E-state index contributed by atoms with van der Waals surface area (Å²) in [5.41, 5.74) is 0.579. The molecule has 0 aromatic heterocycles. The number of benzene rings is 1. The highest BCUT2D eigenvalue weighted by Gasteiger charge is 2.30. The highest BCUT2D eigenvalue weighted by molar-refractivity contribution is 5.35. The largest absolute Gasteiger partial charge is 0.204 e. The van der Waals surface area contributed by atoms with Crippen molar-refractivity contribution in [2.24, 2.45) is 23.7 Å². The van der Waals surface area contributed by atoms with Gasteiger partial charge in [-0.2, -0.15) is 0 Å². The van der Waals surface area contributed by atoms with Crippen LogP contribution in [0.4, 0.5) is 8.78 Å². The summed E-state index contributed by atoms with van der Waals surface area (Å²) in [5.74, 6) is 7.95. The average molecular weight is 344 g/mol. The molecule has 0 bridgehead atoms. The summed E-state index contributed by atoms with van der Waals surface area (Å²) in [4.78, 5) is 0. The van der Waals surface area contributed by atoms with Gasteiger partial charge in [0.15, 0.2) is 11.6 Å². The minimum Gasteiger partial charge on any atom is -0.204 e. The Labute approximate surface area is 151 Å². The van der Waals surface area contributed by atoms with Crippen molar-refractivity contribution in [3.8, 4) is 11.8 Å². The van der Waals surface area contributed by atoms with E-state index in [9.17, 15) is 8.78 Å². The molecule has 0 nitrogen and oxygen atoms in total. The van der Waals surface area contributed by atoms with E-state index < -0.39 is 11.6 Å². The Bertz CT molecular complexity index is 609. The van der Waals surface area contributed by atoms with E-state index in [0.717, 1.165) is 36.7 Å². The van der Waals surface area contributed by atoms with Gasteiger partial charge in [-0.3, -0.25) is 0 Å². The monoisotopic (exact) mass is 344 g/mol. The molecule has 1 aromatic carbocycles. The summed E-state index contributed by atoms with van der Waals surface area (Å²) in [6.07, 6.45) is 13.4. The quantitative estimate of drug-likeness (QED) is 0.533. The zero-order chi connectivity index (χ0) is 17.6. The van der Waals surface area contributed by atoms with Crippen molar-refractivity contribution in [3.05, 3.63) is 35.4 Å². The molecule has 0 heterocycles. The second-order valence-corrected chi connectivity index (χ2v) is 8.08. The van der Waals surface area contributed by atoms with Crippen LogP contribution in [0.1, 0.15) is 76.7 Å². The molecule has 2 fully saturated rings. The SMILES string of the molecule is CCC[C@H]1CC[C@H]([C@H]2CC[C@H](C#Cc3ccc(F)c(F)c3)CC2)CC1. The van der Waals surface area contributed by atoms with Gasteiger partial charge >= 0.3 is 0 Å². The molecule has 0 amide bonds. The Hall–Kier alpha value is -1.36. The van der Waals surface area contributed by atoms with E-state index in [4.69, 9.17) is 0 Å². The van der Waals surface area contributed by atoms with Crippen molar-refractivity contribution in [2.45, 2.75) is 71.1 Å². The molecule has 0 saturated heterocycles. The van der Waals surface area contributed by atoms with E-state index in [1.807, 2.05) is 0 Å². The van der Waals surface area contributed by atoms with Crippen LogP contribution in [-0.4, -0.2) is 0 Å². The number of hydrogen-bond donors (Lipinski definition) is 0. The topological polar surface area (TPSA) is 0 Å². The van der Waals surface area contributed by atoms with E-state index in [1.54, 1.807) is 6.07 Å². The van der Waals surface area contributed by atoms with Crippen LogP contribution >= 0.6 is 0 Å². The zero-order valence-electron chi connectivity index (χ0n) is 15.4. The van der Waals surface area contributed by atoms with Crippen molar-refractivity contribution in [1.82, 2.24) is 0 Å². The number of hydrogen-bond acceptors (Lipinski definition) is 0. The lowest BCUT2D eigenvalue weighted by molar-refractivity contribution is 0.154. The second kappa shape index (κ2) is 8.84. The Morgan fingerprint density at radius 3 is 2.12 bits per heavy atom. The highest BCUT2D eigenvalue weighted by atomic mass is 19.2. The van der Waals surface area contributed by atoms with Crippen LogP contribution in [0, 0.1) is 47.1 Å². The fourth-order valence-corrected chi connectivity index (χ4v) is 4.85. The summed E-state index contributed by atoms with van der Waals surface area (Å²) < 4.78 is 26.2. The second-order valence-electron chi connectivity index (χ2n) is 8.08. The van der Waals surface area contributed by atoms with Gasteiger partial charge in [-0.15, -0.1) is 0 Å². The highest BCUT2D eigenvalue weighted by Crippen LogP contribution is 2.42. The lowest BCUT2D eigenvalue weighted by atomic mass is 9.69. The minimum atomic E-state index is -0.811. The van der Waals surface area contributed by atoms with Gasteiger partial charge in [-0.05, 0) is 74.5 Å². The van der Waals surface area contributed by atoms with Gasteiger partial charge in [0.1, 0.15) is 0 Å². The maximum Gasteiger partial charge on any atom is 0.160 e. The van der Waals surface area contributed by atoms with Crippen LogP contribution < -0.4 is 0 Å². The molecule has 25 heavy (non-hydrogen) atoms. The van der Waals surface area contributed by atoms with Gasteiger partial charge in [-0.25, -0.2) is 8.78 Å². The molecule has 3 rings (SSSR count). The molecule has 0 aliphatic heterocycles. The van der Waals surface area contributed by atoms with Crippen LogP contribution in [0.5, 0.6) is 0 Å². The van der Waals surface area contributed by atoms with Crippen molar-refractivity contribution in [2.75, 3.05) is 0 Å². The predicted octanol–water partition coefficient (Wildman–Crippen LogP) is 6.73. The van der Waals surface area contributed by atoms with Crippen LogP contribution in [0.25, 0.3) is 0 Å². The third-order valence-electron chi connectivity index (χ3n) is 6.37. The Balaban J connectivity index is 1.46. The summed E-state index contributed by atoms with van der Waals surface area (Å²) >= 11 is 0. The molecule has 0 unspecified atom stereocenters. The van der Waals surface area contributed by atoms with Crippen molar-refractivity contribution in [3.63, 3.8) is 0 Å². The van der Waals surface area contributed by atoms with Gasteiger partial charge in [0.2, 0.25) is 0 Å². The molecule has 0 spiro atoms. The maximum atomic E-state index is 13.2. The molecule has 0 atom stereocenters. The summed E-state index contributed by atoms with van der Waals surface area (Å²) in [7, 11) is 0. The van der Waals surface area contributed by atoms with Gasteiger partial charge < -0.3 is 0 Å². The summed E-state index contributed by atoms with van der Waals surface area (Å²) in [6, 6.07) is 3.92. The third-order valence-corrected chi connectivity index (χ3v) is 6.37. The van der Waals surface area contributed by atoms with E-state index in [-0.39, 0.29) is 0 Å². The molecular formula is C23H30F2. The van der Waals surface area contributed by atoms with Crippen LogP contribution in [0.2, 0.25) is 0 Å². The first-order chi connectivity index (χ1) is 12.2. The molecule has 2 saturated carbocycles. The number of halogens is 2. The standard InChI is InChI=1S/C23H30F2/c1-2-3-17-6-11-20(12-7-17)21-13-8-18(9-14-21)4-5-19-10-15-22(24)23(25)16-19/h10,15-18,20-21H,2-3,6-9,11-14H2,1H3/t17-,18-,20-,21-. The minimum absolute atomic E-state index is 0.417. The van der Waals surface area contributed by atoms with Gasteiger partial charge in [0.05, 0.1) is 0 Å². The molecule has 1 aromatic rings. The van der Waals surface area contributed by atoms with E-state index in [1.165, 1.54) is 57.4 Å². The van der Waals surface area contributed by atoms with Gasteiger partial charge in [0, 0.05) is 11.5 Å². The maximum absolute atomic E-state index is 13.2. The first-order valence-corrected chi connectivity index (χ1v) is 10.1. The molecule has 136 valence electrons. The lowest BCUT2D eigenvalue weighted by Gasteiger charge is -2.37. The summed E-state index contributed by atoms with van der Waals surface area (Å²) in [5, 5.41) is 0. The normalized spacial score (nSPS) is 29.7. The fraction of sp³-hybridized carbons (Fsp3) is 0.652. The molecule has 2 heteroatoms. The molecule has 2 aliphatic rings. The predicted molar refractivity (Wildman–Crippen MR) is 99.0 cm³/mol. The van der Waals surface area contributed by atoms with E-state index in [0.29, 0.717) is 11.5 Å². The Kier molecular flexibility index (Phi) is 6.51. The Morgan fingerprint density at radius 2 is 1.52 bits per heavy atom. The third kappa shape index (κ3) is 5.06. The molecule has 0 N–H and O–H groups in total. The van der Waals surface area contributed by atoms with Crippen LogP contribution in [0.3, 0.4) is 0 Å². The lowest BCUT2D eigenvalue weighted by Crippen LogP contribution is -2.25. The Morgan fingerprint density at radius 1 is 0.880 bits per heavy atom. The zero-order valence-corrected chi connectivity index (χ0v) is 15.4. The van der Waals surface area contributed by atoms with E-state index >= 15 is 0 Å². The number of rotatable bonds is 3. The molecule has 2 aliphatic carbocycles. The van der Waals surface area contributed by atoms with Crippen LogP contribution in [0.15, 0.2) is 18.2 Å². The smallest absolute Gasteiger partial charge is 0.160 e. The fourth-order valence-electron chi connectivity index (χ4n) is 4.85. The first kappa shape index (κ1) is 18.4. The molecule has 0 radical (unpaired) electrons. The van der Waals surface area contributed by atoms with Gasteiger partial charge in [-0.1, -0.05) is 44.4 Å². The average Bonchev–Trinajstić information content (AvgIpc) is 2.64. The van der Waals surface area contributed by atoms with Crippen molar-refractivity contribution < 1.29 is 8.78 Å². The van der Waals surface area contributed by atoms with E-state index in [2.05, 4.69) is 18.8 Å². The molecular weight excluding hydrogens is 314 g/mol. The van der Waals surface area contributed by atoms with Crippen molar-refractivity contribution in [1.29, 1.82) is 0 Å². The van der Waals surface area contributed by atoms with Crippen molar-refractivity contribution >= 4 is 0 Å².